The van der Waals surface area contributed by atoms with Crippen LogP contribution in [0.25, 0.3) is 22.4 Å². The predicted octanol–water partition coefficient (Wildman–Crippen LogP) is 5.39. The van der Waals surface area contributed by atoms with E-state index in [1.807, 2.05) is 47.5 Å². The van der Waals surface area contributed by atoms with Gasteiger partial charge in [0.05, 0.1) is 24.1 Å². The number of rotatable bonds is 7. The van der Waals surface area contributed by atoms with Gasteiger partial charge in [0.2, 0.25) is 5.91 Å². The number of nitrogens with one attached hydrogen (secondary N) is 1. The minimum Gasteiger partial charge on any atom is -0.467 e. The summed E-state index contributed by atoms with van der Waals surface area (Å²) in [5.74, 6) is 1.42. The van der Waals surface area contributed by atoms with Crippen LogP contribution in [0.2, 0.25) is 0 Å². The van der Waals surface area contributed by atoms with Crippen LogP contribution >= 0.6 is 11.8 Å². The predicted molar refractivity (Wildman–Crippen MR) is 118 cm³/mol. The van der Waals surface area contributed by atoms with E-state index in [1.165, 1.54) is 18.2 Å². The molecule has 0 bridgehead atoms. The molecule has 1 N–H and O–H groups in total. The lowest BCUT2D eigenvalue weighted by molar-refractivity contribution is -0.127. The highest BCUT2D eigenvalue weighted by atomic mass is 32.2. The smallest absolute Gasteiger partial charge is 0.277 e. The first-order chi connectivity index (χ1) is 15.3. The molecule has 0 unspecified atom stereocenters. The first-order valence-electron chi connectivity index (χ1n) is 10.3. The van der Waals surface area contributed by atoms with Crippen molar-refractivity contribution < 1.29 is 13.6 Å². The van der Waals surface area contributed by atoms with Crippen molar-refractivity contribution in [2.24, 2.45) is 0 Å². The number of para-hydroxylation sites is 1. The Morgan fingerprint density at radius 2 is 2.10 bits per heavy atom. The molecule has 0 atom stereocenters. The van der Waals surface area contributed by atoms with Crippen molar-refractivity contribution in [3.05, 3.63) is 66.4 Å². The van der Waals surface area contributed by atoms with Gasteiger partial charge >= 0.3 is 0 Å². The largest absolute Gasteiger partial charge is 0.467 e. The number of furan rings is 1. The first kappa shape index (κ1) is 19.7. The number of amides is 1. The number of carbonyl (C=O) groups excluding carboxylic acids is 1. The topological polar surface area (TPSA) is 88.2 Å². The monoisotopic (exact) mass is 434 g/mol. The first-order valence-corrected chi connectivity index (χ1v) is 11.3. The molecule has 0 radical (unpaired) electrons. The molecular formula is C23H22N4O3S. The van der Waals surface area contributed by atoms with E-state index < -0.39 is 0 Å². The maximum absolute atomic E-state index is 13.1. The Morgan fingerprint density at radius 1 is 1.16 bits per heavy atom. The molecule has 8 heteroatoms. The third-order valence-electron chi connectivity index (χ3n) is 5.35. The van der Waals surface area contributed by atoms with Crippen LogP contribution in [0.4, 0.5) is 0 Å². The maximum atomic E-state index is 13.1. The molecule has 1 aliphatic rings. The van der Waals surface area contributed by atoms with E-state index in [0.717, 1.165) is 47.2 Å². The molecule has 7 nitrogen and oxygen atoms in total. The number of aromatic nitrogens is 3. The summed E-state index contributed by atoms with van der Waals surface area (Å²) < 4.78 is 11.3. The Labute approximate surface area is 183 Å². The summed E-state index contributed by atoms with van der Waals surface area (Å²) in [6.07, 6.45) is 9.82. The van der Waals surface area contributed by atoms with Gasteiger partial charge in [0, 0.05) is 22.8 Å². The number of H-pyrrole nitrogens is 1. The highest BCUT2D eigenvalue weighted by Gasteiger charge is 2.22. The van der Waals surface area contributed by atoms with Crippen LogP contribution in [0.1, 0.15) is 31.4 Å². The fourth-order valence-electron chi connectivity index (χ4n) is 3.80. The Hall–Kier alpha value is -3.26. The second kappa shape index (κ2) is 8.85. The van der Waals surface area contributed by atoms with Crippen molar-refractivity contribution in [2.75, 3.05) is 5.75 Å². The van der Waals surface area contributed by atoms with Crippen LogP contribution < -0.4 is 0 Å². The Morgan fingerprint density at radius 3 is 2.94 bits per heavy atom. The Kier molecular flexibility index (Phi) is 5.62. The summed E-state index contributed by atoms with van der Waals surface area (Å²) in [4.78, 5) is 18.1. The highest BCUT2D eigenvalue weighted by molar-refractivity contribution is 7.99. The number of benzene rings is 1. The van der Waals surface area contributed by atoms with Gasteiger partial charge in [-0.2, -0.15) is 0 Å². The van der Waals surface area contributed by atoms with E-state index in [0.29, 0.717) is 17.7 Å². The average molecular weight is 435 g/mol. The van der Waals surface area contributed by atoms with Crippen LogP contribution in [0.5, 0.6) is 0 Å². The zero-order valence-electron chi connectivity index (χ0n) is 16.9. The molecule has 1 aromatic carbocycles. The van der Waals surface area contributed by atoms with E-state index >= 15 is 0 Å². The molecule has 0 spiro atoms. The van der Waals surface area contributed by atoms with Crippen molar-refractivity contribution in [1.29, 1.82) is 0 Å². The molecule has 3 aromatic heterocycles. The molecule has 0 fully saturated rings. The van der Waals surface area contributed by atoms with Crippen molar-refractivity contribution in [3.8, 4) is 11.5 Å². The van der Waals surface area contributed by atoms with Crippen molar-refractivity contribution in [3.63, 3.8) is 0 Å². The fraction of sp³-hybridized carbons (Fsp3) is 0.261. The van der Waals surface area contributed by atoms with E-state index in [9.17, 15) is 4.79 Å². The number of aromatic amines is 1. The van der Waals surface area contributed by atoms with Crippen LogP contribution in [-0.2, 0) is 11.3 Å². The molecule has 1 amide bonds. The van der Waals surface area contributed by atoms with Gasteiger partial charge in [-0.05, 0) is 43.9 Å². The molecule has 4 aromatic rings. The summed E-state index contributed by atoms with van der Waals surface area (Å²) in [7, 11) is 0. The van der Waals surface area contributed by atoms with Crippen molar-refractivity contribution in [2.45, 2.75) is 37.5 Å². The number of nitrogens with zero attached hydrogens (tertiary/aromatic N) is 3. The normalized spacial score (nSPS) is 14.0. The molecule has 158 valence electrons. The molecule has 0 saturated carbocycles. The second-order valence-electron chi connectivity index (χ2n) is 7.41. The minimum atomic E-state index is 0.00129. The third kappa shape index (κ3) is 4.29. The van der Waals surface area contributed by atoms with Crippen LogP contribution in [-0.4, -0.2) is 31.7 Å². The van der Waals surface area contributed by atoms with Gasteiger partial charge in [0.15, 0.2) is 0 Å². The lowest BCUT2D eigenvalue weighted by Crippen LogP contribution is -2.32. The third-order valence-corrected chi connectivity index (χ3v) is 6.16. The Bertz CT molecular complexity index is 1210. The summed E-state index contributed by atoms with van der Waals surface area (Å²) in [6.45, 7) is 0.433. The molecule has 3 heterocycles. The molecule has 1 aliphatic carbocycles. The van der Waals surface area contributed by atoms with Crippen molar-refractivity contribution in [1.82, 2.24) is 20.1 Å². The number of hydrogen-bond acceptors (Lipinski definition) is 6. The number of fused-ring (bicyclic) bond motifs is 1. The minimum absolute atomic E-state index is 0.00129. The highest BCUT2D eigenvalue weighted by Crippen LogP contribution is 2.30. The molecular weight excluding hydrogens is 412 g/mol. The van der Waals surface area contributed by atoms with Crippen LogP contribution in [0, 0.1) is 0 Å². The van der Waals surface area contributed by atoms with Gasteiger partial charge in [-0.15, -0.1) is 10.2 Å². The van der Waals surface area contributed by atoms with Crippen LogP contribution in [0.3, 0.4) is 0 Å². The summed E-state index contributed by atoms with van der Waals surface area (Å²) in [6, 6.07) is 11.7. The second-order valence-corrected chi connectivity index (χ2v) is 8.34. The number of carbonyl (C=O) groups is 1. The number of allylic oxidation sites excluding steroid dienone is 2. The van der Waals surface area contributed by atoms with Gasteiger partial charge in [-0.1, -0.05) is 36.0 Å². The van der Waals surface area contributed by atoms with E-state index in [-0.39, 0.29) is 11.7 Å². The standard InChI is InChI=1S/C23H22N4O3S/c28-21(27(14-17-9-6-12-29-17)16-7-2-1-3-8-16)15-31-23-26-25-22(30-23)19-13-24-20-11-5-4-10-18(19)20/h4-7,9-13,24H,1-3,8,14-15H2. The summed E-state index contributed by atoms with van der Waals surface area (Å²) in [5.41, 5.74) is 2.93. The Balaban J connectivity index is 1.29. The van der Waals surface area contributed by atoms with Gasteiger partial charge in [0.25, 0.3) is 11.1 Å². The van der Waals surface area contributed by atoms with Gasteiger partial charge < -0.3 is 18.7 Å². The van der Waals surface area contributed by atoms with Gasteiger partial charge in [-0.3, -0.25) is 4.79 Å². The quantitative estimate of drug-likeness (QED) is 0.392. The lowest BCUT2D eigenvalue weighted by atomic mass is 10.0. The zero-order valence-corrected chi connectivity index (χ0v) is 17.7. The lowest BCUT2D eigenvalue weighted by Gasteiger charge is -2.26. The molecule has 5 rings (SSSR count). The van der Waals surface area contributed by atoms with Crippen molar-refractivity contribution >= 4 is 28.6 Å². The van der Waals surface area contributed by atoms with Gasteiger partial charge in [0.1, 0.15) is 5.76 Å². The molecule has 0 saturated heterocycles. The summed E-state index contributed by atoms with van der Waals surface area (Å²) >= 11 is 1.26. The SMILES string of the molecule is O=C(CSc1nnc(-c2c[nH]c3ccccc23)o1)N(Cc1ccco1)C1=CCCCC1. The van der Waals surface area contributed by atoms with E-state index in [1.54, 1.807) is 6.26 Å². The number of hydrogen-bond donors (Lipinski definition) is 1. The summed E-state index contributed by atoms with van der Waals surface area (Å²) in [5, 5.41) is 9.70. The average Bonchev–Trinajstić information content (AvgIpc) is 3.57. The fourth-order valence-corrected chi connectivity index (χ4v) is 4.44. The number of thioether (sulfide) groups is 1. The molecule has 31 heavy (non-hydrogen) atoms. The maximum Gasteiger partial charge on any atom is 0.277 e. The molecule has 0 aliphatic heterocycles. The van der Waals surface area contributed by atoms with Gasteiger partial charge in [-0.25, -0.2) is 0 Å². The van der Waals surface area contributed by atoms with E-state index in [2.05, 4.69) is 21.3 Å². The zero-order chi connectivity index (χ0) is 21.0. The van der Waals surface area contributed by atoms with Crippen LogP contribution in [0.15, 0.2) is 74.7 Å². The van der Waals surface area contributed by atoms with E-state index in [4.69, 9.17) is 8.83 Å².